The standard InChI is InChI=1S/C18H22ClNO/c1-13(2)15-7-4-5-10-18(15)21-12-11-20-17-9-6-8-16(19)14(17)3/h4-10,13,20H,11-12H2,1-3H3. The molecule has 0 amide bonds. The van der Waals surface area contributed by atoms with E-state index in [1.807, 2.05) is 37.3 Å². The van der Waals surface area contributed by atoms with Gasteiger partial charge in [-0.25, -0.2) is 0 Å². The SMILES string of the molecule is Cc1c(Cl)cccc1NCCOc1ccccc1C(C)C. The number of rotatable bonds is 6. The fourth-order valence-corrected chi connectivity index (χ4v) is 2.41. The smallest absolute Gasteiger partial charge is 0.122 e. The zero-order chi connectivity index (χ0) is 15.2. The maximum Gasteiger partial charge on any atom is 0.122 e. The number of benzene rings is 2. The van der Waals surface area contributed by atoms with Crippen LogP contribution in [-0.4, -0.2) is 13.2 Å². The van der Waals surface area contributed by atoms with Crippen molar-refractivity contribution in [3.63, 3.8) is 0 Å². The van der Waals surface area contributed by atoms with E-state index in [0.717, 1.165) is 28.6 Å². The molecule has 0 aliphatic carbocycles. The molecule has 0 fully saturated rings. The highest BCUT2D eigenvalue weighted by atomic mass is 35.5. The lowest BCUT2D eigenvalue weighted by molar-refractivity contribution is 0.328. The van der Waals surface area contributed by atoms with Crippen molar-refractivity contribution >= 4 is 17.3 Å². The van der Waals surface area contributed by atoms with Gasteiger partial charge in [0.2, 0.25) is 0 Å². The highest BCUT2D eigenvalue weighted by molar-refractivity contribution is 6.31. The summed E-state index contributed by atoms with van der Waals surface area (Å²) >= 11 is 6.11. The maximum absolute atomic E-state index is 6.11. The van der Waals surface area contributed by atoms with Gasteiger partial charge in [0.1, 0.15) is 12.4 Å². The van der Waals surface area contributed by atoms with Crippen LogP contribution in [0.4, 0.5) is 5.69 Å². The first-order valence-electron chi connectivity index (χ1n) is 7.30. The monoisotopic (exact) mass is 303 g/mol. The molecule has 0 atom stereocenters. The van der Waals surface area contributed by atoms with Crippen molar-refractivity contribution in [3.05, 3.63) is 58.6 Å². The topological polar surface area (TPSA) is 21.3 Å². The molecule has 0 aliphatic heterocycles. The van der Waals surface area contributed by atoms with E-state index in [1.54, 1.807) is 0 Å². The third-order valence-corrected chi connectivity index (χ3v) is 3.89. The Morgan fingerprint density at radius 2 is 1.86 bits per heavy atom. The maximum atomic E-state index is 6.11. The first-order chi connectivity index (χ1) is 10.1. The third-order valence-electron chi connectivity index (χ3n) is 3.48. The Bertz CT molecular complexity index is 596. The quantitative estimate of drug-likeness (QED) is 0.735. The predicted molar refractivity (Wildman–Crippen MR) is 90.7 cm³/mol. The molecule has 0 aromatic heterocycles. The molecule has 2 aromatic rings. The molecule has 3 heteroatoms. The Morgan fingerprint density at radius 1 is 1.10 bits per heavy atom. The average Bonchev–Trinajstić information content (AvgIpc) is 2.48. The molecule has 0 unspecified atom stereocenters. The summed E-state index contributed by atoms with van der Waals surface area (Å²) in [7, 11) is 0. The van der Waals surface area contributed by atoms with Gasteiger partial charge in [0, 0.05) is 17.3 Å². The highest BCUT2D eigenvalue weighted by Crippen LogP contribution is 2.26. The van der Waals surface area contributed by atoms with E-state index in [-0.39, 0.29) is 0 Å². The number of para-hydroxylation sites is 1. The summed E-state index contributed by atoms with van der Waals surface area (Å²) in [5.41, 5.74) is 3.38. The van der Waals surface area contributed by atoms with Crippen LogP contribution in [0.15, 0.2) is 42.5 Å². The molecule has 112 valence electrons. The van der Waals surface area contributed by atoms with Crippen molar-refractivity contribution < 1.29 is 4.74 Å². The molecule has 2 rings (SSSR count). The number of ether oxygens (including phenoxy) is 1. The van der Waals surface area contributed by atoms with E-state index in [1.165, 1.54) is 5.56 Å². The van der Waals surface area contributed by atoms with E-state index in [4.69, 9.17) is 16.3 Å². The normalized spacial score (nSPS) is 10.7. The fraction of sp³-hybridized carbons (Fsp3) is 0.333. The predicted octanol–water partition coefficient (Wildman–Crippen LogP) is 5.26. The van der Waals surface area contributed by atoms with Crippen LogP contribution in [0.3, 0.4) is 0 Å². The lowest BCUT2D eigenvalue weighted by atomic mass is 10.0. The molecule has 0 saturated heterocycles. The minimum Gasteiger partial charge on any atom is -0.491 e. The van der Waals surface area contributed by atoms with Crippen LogP contribution in [0.25, 0.3) is 0 Å². The average molecular weight is 304 g/mol. The van der Waals surface area contributed by atoms with Crippen molar-refractivity contribution in [2.24, 2.45) is 0 Å². The molecule has 0 aliphatic rings. The molecule has 1 N–H and O–H groups in total. The number of anilines is 1. The molecule has 2 aromatic carbocycles. The summed E-state index contributed by atoms with van der Waals surface area (Å²) in [5.74, 6) is 1.43. The van der Waals surface area contributed by atoms with Gasteiger partial charge in [-0.3, -0.25) is 0 Å². The first kappa shape index (κ1) is 15.7. The van der Waals surface area contributed by atoms with Crippen LogP contribution in [0.1, 0.15) is 30.9 Å². The van der Waals surface area contributed by atoms with Crippen LogP contribution < -0.4 is 10.1 Å². The summed E-state index contributed by atoms with van der Waals surface area (Å²) in [6.07, 6.45) is 0. The Hall–Kier alpha value is -1.67. The van der Waals surface area contributed by atoms with Gasteiger partial charge in [0.25, 0.3) is 0 Å². The summed E-state index contributed by atoms with van der Waals surface area (Å²) in [6, 6.07) is 14.1. The molecule has 21 heavy (non-hydrogen) atoms. The van der Waals surface area contributed by atoms with Crippen LogP contribution in [0.5, 0.6) is 5.75 Å². The van der Waals surface area contributed by atoms with Crippen LogP contribution in [-0.2, 0) is 0 Å². The van der Waals surface area contributed by atoms with Gasteiger partial charge >= 0.3 is 0 Å². The summed E-state index contributed by atoms with van der Waals surface area (Å²) in [4.78, 5) is 0. The zero-order valence-electron chi connectivity index (χ0n) is 12.8. The van der Waals surface area contributed by atoms with Crippen molar-refractivity contribution in [2.45, 2.75) is 26.7 Å². The van der Waals surface area contributed by atoms with Crippen molar-refractivity contribution in [2.75, 3.05) is 18.5 Å². The van der Waals surface area contributed by atoms with Gasteiger partial charge in [0.15, 0.2) is 0 Å². The number of hydrogen-bond donors (Lipinski definition) is 1. The molecular formula is C18H22ClNO. The van der Waals surface area contributed by atoms with E-state index in [0.29, 0.717) is 12.5 Å². The van der Waals surface area contributed by atoms with Crippen molar-refractivity contribution in [3.8, 4) is 5.75 Å². The third kappa shape index (κ3) is 4.15. The number of hydrogen-bond acceptors (Lipinski definition) is 2. The molecule has 0 spiro atoms. The Balaban J connectivity index is 1.89. The summed E-state index contributed by atoms with van der Waals surface area (Å²) in [6.45, 7) is 7.73. The van der Waals surface area contributed by atoms with E-state index < -0.39 is 0 Å². The fourth-order valence-electron chi connectivity index (χ4n) is 2.23. The second-order valence-electron chi connectivity index (χ2n) is 5.38. The van der Waals surface area contributed by atoms with E-state index in [9.17, 15) is 0 Å². The van der Waals surface area contributed by atoms with Gasteiger partial charge in [-0.2, -0.15) is 0 Å². The Morgan fingerprint density at radius 3 is 2.62 bits per heavy atom. The van der Waals surface area contributed by atoms with Gasteiger partial charge < -0.3 is 10.1 Å². The van der Waals surface area contributed by atoms with Gasteiger partial charge in [-0.05, 0) is 42.2 Å². The van der Waals surface area contributed by atoms with E-state index in [2.05, 4.69) is 31.3 Å². The molecule has 0 radical (unpaired) electrons. The zero-order valence-corrected chi connectivity index (χ0v) is 13.6. The lowest BCUT2D eigenvalue weighted by Crippen LogP contribution is -2.13. The van der Waals surface area contributed by atoms with Crippen LogP contribution >= 0.6 is 11.6 Å². The summed E-state index contributed by atoms with van der Waals surface area (Å²) < 4.78 is 5.89. The highest BCUT2D eigenvalue weighted by Gasteiger charge is 2.06. The molecule has 2 nitrogen and oxygen atoms in total. The van der Waals surface area contributed by atoms with Crippen LogP contribution in [0, 0.1) is 6.92 Å². The Labute approximate surface area is 132 Å². The van der Waals surface area contributed by atoms with Crippen molar-refractivity contribution in [1.82, 2.24) is 0 Å². The van der Waals surface area contributed by atoms with Crippen LogP contribution in [0.2, 0.25) is 5.02 Å². The molecule has 0 heterocycles. The molecular weight excluding hydrogens is 282 g/mol. The summed E-state index contributed by atoms with van der Waals surface area (Å²) in [5, 5.41) is 4.15. The van der Waals surface area contributed by atoms with Gasteiger partial charge in [0.05, 0.1) is 0 Å². The Kier molecular flexibility index (Phi) is 5.51. The van der Waals surface area contributed by atoms with Gasteiger partial charge in [-0.1, -0.05) is 49.7 Å². The van der Waals surface area contributed by atoms with E-state index >= 15 is 0 Å². The number of nitrogens with one attached hydrogen (secondary N) is 1. The first-order valence-corrected chi connectivity index (χ1v) is 7.68. The van der Waals surface area contributed by atoms with Gasteiger partial charge in [-0.15, -0.1) is 0 Å². The lowest BCUT2D eigenvalue weighted by Gasteiger charge is -2.15. The number of halogens is 1. The molecule has 0 bridgehead atoms. The second kappa shape index (κ2) is 7.37. The largest absolute Gasteiger partial charge is 0.491 e. The second-order valence-corrected chi connectivity index (χ2v) is 5.79. The minimum absolute atomic E-state index is 0.462. The van der Waals surface area contributed by atoms with Crippen molar-refractivity contribution in [1.29, 1.82) is 0 Å². The molecule has 0 saturated carbocycles. The minimum atomic E-state index is 0.462.